The molecule has 0 heteroatoms. The van der Waals surface area contributed by atoms with E-state index in [0.717, 1.165) is 0 Å². The molecule has 0 heterocycles. The number of aryl methyl sites for hydroxylation is 6. The fourth-order valence-corrected chi connectivity index (χ4v) is 9.12. The van der Waals surface area contributed by atoms with E-state index < -0.39 is 0 Å². The van der Waals surface area contributed by atoms with E-state index in [4.69, 9.17) is 0 Å². The van der Waals surface area contributed by atoms with Gasteiger partial charge in [-0.3, -0.25) is 0 Å². The van der Waals surface area contributed by atoms with Crippen molar-refractivity contribution in [3.8, 4) is 11.1 Å². The van der Waals surface area contributed by atoms with E-state index in [2.05, 4.69) is 111 Å². The lowest BCUT2D eigenvalue weighted by Gasteiger charge is -2.29. The Hall–Kier alpha value is -3.12. The number of hydrogen-bond donors (Lipinski definition) is 0. The van der Waals surface area contributed by atoms with Crippen molar-refractivity contribution < 1.29 is 0 Å². The van der Waals surface area contributed by atoms with Crippen LogP contribution in [0.25, 0.3) is 43.4 Å². The monoisotopic (exact) mass is 540 g/mol. The molecule has 0 atom stereocenters. The van der Waals surface area contributed by atoms with Gasteiger partial charge in [0.2, 0.25) is 0 Å². The van der Waals surface area contributed by atoms with E-state index in [9.17, 15) is 0 Å². The maximum absolute atomic E-state index is 2.48. The molecule has 0 radical (unpaired) electrons. The second-order valence-corrected chi connectivity index (χ2v) is 14.1. The molecule has 0 unspecified atom stereocenters. The van der Waals surface area contributed by atoms with Crippen molar-refractivity contribution in [3.63, 3.8) is 0 Å². The molecule has 6 rings (SSSR count). The number of rotatable bonds is 0. The van der Waals surface area contributed by atoms with Crippen molar-refractivity contribution in [2.75, 3.05) is 0 Å². The molecule has 5 aromatic rings. The van der Waals surface area contributed by atoms with Crippen molar-refractivity contribution >= 4 is 32.3 Å². The quantitative estimate of drug-likeness (QED) is 0.171. The molecule has 0 saturated carbocycles. The smallest absolute Gasteiger partial charge is 0.0164 e. The summed E-state index contributed by atoms with van der Waals surface area (Å²) in [6, 6.07) is 0. The van der Waals surface area contributed by atoms with E-state index in [1.165, 1.54) is 121 Å². The third-order valence-electron chi connectivity index (χ3n) is 12.3. The Labute approximate surface area is 248 Å². The minimum absolute atomic E-state index is 0.0564. The number of benzene rings is 5. The molecule has 0 amide bonds. The highest BCUT2D eigenvalue weighted by molar-refractivity contribution is 6.31. The van der Waals surface area contributed by atoms with Crippen LogP contribution in [0.15, 0.2) is 0 Å². The van der Waals surface area contributed by atoms with E-state index in [1.807, 2.05) is 0 Å². The molecule has 1 aliphatic rings. The largest absolute Gasteiger partial charge is 0.0516 e. The normalized spacial score (nSPS) is 14.0. The van der Waals surface area contributed by atoms with Gasteiger partial charge in [0.1, 0.15) is 0 Å². The lowest BCUT2D eigenvalue weighted by atomic mass is 9.74. The average Bonchev–Trinajstić information content (AvgIpc) is 3.19. The van der Waals surface area contributed by atoms with Crippen molar-refractivity contribution in [1.29, 1.82) is 0 Å². The van der Waals surface area contributed by atoms with E-state index in [0.29, 0.717) is 0 Å². The molecule has 0 aromatic heterocycles. The zero-order valence-electron chi connectivity index (χ0n) is 28.5. The summed E-state index contributed by atoms with van der Waals surface area (Å²) in [5, 5.41) is 8.89. The predicted molar refractivity (Wildman–Crippen MR) is 183 cm³/mol. The van der Waals surface area contributed by atoms with Crippen molar-refractivity contribution in [3.05, 3.63) is 89.0 Å². The van der Waals surface area contributed by atoms with E-state index in [1.54, 1.807) is 11.1 Å². The maximum Gasteiger partial charge on any atom is 0.0164 e. The first-order valence-electron chi connectivity index (χ1n) is 15.5. The first-order valence-corrected chi connectivity index (χ1v) is 15.5. The fourth-order valence-electron chi connectivity index (χ4n) is 9.12. The van der Waals surface area contributed by atoms with Gasteiger partial charge in [-0.2, -0.15) is 0 Å². The Balaban J connectivity index is 2.08. The summed E-state index contributed by atoms with van der Waals surface area (Å²) in [5.74, 6) is 0. The van der Waals surface area contributed by atoms with Gasteiger partial charge >= 0.3 is 0 Å². The number of hydrogen-bond acceptors (Lipinski definition) is 0. The second kappa shape index (κ2) is 8.47. The van der Waals surface area contributed by atoms with Crippen LogP contribution in [0.4, 0.5) is 0 Å². The highest BCUT2D eigenvalue weighted by atomic mass is 14.4. The lowest BCUT2D eigenvalue weighted by Crippen LogP contribution is -2.19. The van der Waals surface area contributed by atoms with Gasteiger partial charge < -0.3 is 0 Å². The van der Waals surface area contributed by atoms with Gasteiger partial charge in [0, 0.05) is 5.41 Å². The highest BCUT2D eigenvalue weighted by Gasteiger charge is 2.42. The van der Waals surface area contributed by atoms with Gasteiger partial charge in [0.25, 0.3) is 0 Å². The van der Waals surface area contributed by atoms with Crippen LogP contribution in [-0.4, -0.2) is 0 Å². The maximum atomic E-state index is 2.48. The van der Waals surface area contributed by atoms with Gasteiger partial charge in [0.15, 0.2) is 0 Å². The van der Waals surface area contributed by atoms with Gasteiger partial charge in [-0.25, -0.2) is 0 Å². The van der Waals surface area contributed by atoms with Crippen LogP contribution in [0.5, 0.6) is 0 Å². The molecule has 0 N–H and O–H groups in total. The summed E-state index contributed by atoms with van der Waals surface area (Å²) in [6.45, 7) is 38.0. The van der Waals surface area contributed by atoms with Crippen LogP contribution in [0.2, 0.25) is 0 Å². The van der Waals surface area contributed by atoms with E-state index in [-0.39, 0.29) is 5.41 Å². The van der Waals surface area contributed by atoms with Crippen molar-refractivity contribution in [1.82, 2.24) is 0 Å². The zero-order valence-corrected chi connectivity index (χ0v) is 28.5. The summed E-state index contributed by atoms with van der Waals surface area (Å²) in [5.41, 5.74) is 26.3. The van der Waals surface area contributed by atoms with Crippen molar-refractivity contribution in [2.45, 2.75) is 116 Å². The van der Waals surface area contributed by atoms with Crippen LogP contribution in [-0.2, 0) is 5.41 Å². The zero-order chi connectivity index (χ0) is 30.4. The first kappa shape index (κ1) is 28.0. The van der Waals surface area contributed by atoms with Crippen LogP contribution in [0.1, 0.15) is 103 Å². The Bertz CT molecular complexity index is 2070. The summed E-state index contributed by atoms with van der Waals surface area (Å²) >= 11 is 0. The molecule has 0 nitrogen and oxygen atoms in total. The standard InChI is InChI=1S/C41H48/c1-17-19(3)25(9)33-31(23(17)7)32-24(8)18(2)20(4)26(10)34(32)36-30(14)40-38(29(13)35(33)36)37-27(11)21(5)22(6)28(12)39(37)41(40,15)16/h1-16H3. The van der Waals surface area contributed by atoms with Gasteiger partial charge in [0.05, 0.1) is 0 Å². The molecule has 0 aliphatic heterocycles. The Kier molecular flexibility index (Phi) is 5.79. The molecule has 212 valence electrons. The molecule has 0 spiro atoms. The molecule has 0 fully saturated rings. The van der Waals surface area contributed by atoms with Crippen LogP contribution in [0.3, 0.4) is 0 Å². The summed E-state index contributed by atoms with van der Waals surface area (Å²) < 4.78 is 0. The first-order chi connectivity index (χ1) is 19.0. The molecule has 5 aromatic carbocycles. The Morgan fingerprint density at radius 2 is 0.488 bits per heavy atom. The highest BCUT2D eigenvalue weighted by Crippen LogP contribution is 2.58. The molecule has 41 heavy (non-hydrogen) atoms. The number of fused-ring (bicyclic) bond motifs is 9. The average molecular weight is 541 g/mol. The molecule has 1 aliphatic carbocycles. The summed E-state index contributed by atoms with van der Waals surface area (Å²) in [4.78, 5) is 0. The van der Waals surface area contributed by atoms with Crippen LogP contribution < -0.4 is 0 Å². The second-order valence-electron chi connectivity index (χ2n) is 14.1. The van der Waals surface area contributed by atoms with Gasteiger partial charge in [-0.1, -0.05) is 13.8 Å². The lowest BCUT2D eigenvalue weighted by molar-refractivity contribution is 0.650. The topological polar surface area (TPSA) is 0 Å². The van der Waals surface area contributed by atoms with E-state index >= 15 is 0 Å². The summed E-state index contributed by atoms with van der Waals surface area (Å²) in [7, 11) is 0. The van der Waals surface area contributed by atoms with Gasteiger partial charge in [-0.05, 0) is 229 Å². The van der Waals surface area contributed by atoms with Gasteiger partial charge in [-0.15, -0.1) is 0 Å². The fraction of sp³-hybridized carbons (Fsp3) is 0.415. The molecular formula is C41H48. The SMILES string of the molecule is Cc1c(C)c(C)c2c(c1C)-c1c(c(C)c3c4c(C)c(C)c(C)c(C)c4c4c(C)c(C)c(C)c(C)c4c3c1C)C2(C)C. The third-order valence-corrected chi connectivity index (χ3v) is 12.3. The molecular weight excluding hydrogens is 492 g/mol. The minimum atomic E-state index is -0.0564. The molecule has 0 saturated heterocycles. The Morgan fingerprint density at radius 1 is 0.244 bits per heavy atom. The third kappa shape index (κ3) is 3.07. The summed E-state index contributed by atoms with van der Waals surface area (Å²) in [6.07, 6.45) is 0. The Morgan fingerprint density at radius 3 is 0.878 bits per heavy atom. The van der Waals surface area contributed by atoms with Crippen LogP contribution in [0, 0.1) is 96.9 Å². The van der Waals surface area contributed by atoms with Crippen LogP contribution >= 0.6 is 0 Å². The van der Waals surface area contributed by atoms with Crippen molar-refractivity contribution in [2.24, 2.45) is 0 Å². The molecule has 0 bridgehead atoms. The predicted octanol–water partition coefficient (Wildman–Crippen LogP) is 11.8. The minimum Gasteiger partial charge on any atom is -0.0516 e.